The maximum absolute atomic E-state index is 14.0. The zero-order valence-corrected chi connectivity index (χ0v) is 19.4. The first kappa shape index (κ1) is 22.3. The van der Waals surface area contributed by atoms with Crippen molar-refractivity contribution in [3.63, 3.8) is 0 Å². The standard InChI is InChI=1S/C25H25BrFN3O2/c1-31-23-13-12-19(26)18(25(23)32-16-17-7-2-3-8-20(17)27)15-28-14-6-11-24-29-21-9-4-5-10-22(21)30-24/h2-5,7-10,12-13,28H,6,11,14-16H2,1H3,(H,29,30). The van der Waals surface area contributed by atoms with Crippen LogP contribution in [0, 0.1) is 5.82 Å². The molecule has 0 aliphatic carbocycles. The number of nitrogens with zero attached hydrogens (tertiary/aromatic N) is 1. The molecule has 0 unspecified atom stereocenters. The topological polar surface area (TPSA) is 59.2 Å². The zero-order valence-electron chi connectivity index (χ0n) is 17.8. The highest BCUT2D eigenvalue weighted by atomic mass is 79.9. The van der Waals surface area contributed by atoms with Crippen LogP contribution < -0.4 is 14.8 Å². The van der Waals surface area contributed by atoms with E-state index in [9.17, 15) is 4.39 Å². The number of H-pyrrole nitrogens is 1. The van der Waals surface area contributed by atoms with Gasteiger partial charge in [-0.15, -0.1) is 0 Å². The van der Waals surface area contributed by atoms with Gasteiger partial charge in [-0.25, -0.2) is 9.37 Å². The van der Waals surface area contributed by atoms with E-state index in [0.717, 1.165) is 46.3 Å². The number of nitrogens with one attached hydrogen (secondary N) is 2. The molecule has 0 saturated carbocycles. The van der Waals surface area contributed by atoms with Crippen LogP contribution >= 0.6 is 15.9 Å². The van der Waals surface area contributed by atoms with Crippen LogP contribution in [0.2, 0.25) is 0 Å². The maximum Gasteiger partial charge on any atom is 0.167 e. The van der Waals surface area contributed by atoms with Crippen LogP contribution in [0.4, 0.5) is 4.39 Å². The summed E-state index contributed by atoms with van der Waals surface area (Å²) < 4.78 is 26.4. The van der Waals surface area contributed by atoms with Gasteiger partial charge in [-0.05, 0) is 43.3 Å². The maximum atomic E-state index is 14.0. The molecule has 0 fully saturated rings. The lowest BCUT2D eigenvalue weighted by atomic mass is 10.1. The molecule has 0 bridgehead atoms. The van der Waals surface area contributed by atoms with Crippen molar-refractivity contribution in [2.75, 3.05) is 13.7 Å². The molecule has 0 saturated heterocycles. The van der Waals surface area contributed by atoms with Crippen molar-refractivity contribution in [2.24, 2.45) is 0 Å². The van der Waals surface area contributed by atoms with Crippen molar-refractivity contribution in [3.8, 4) is 11.5 Å². The summed E-state index contributed by atoms with van der Waals surface area (Å²) in [7, 11) is 1.60. The molecule has 32 heavy (non-hydrogen) atoms. The van der Waals surface area contributed by atoms with Crippen molar-refractivity contribution in [1.29, 1.82) is 0 Å². The molecule has 4 aromatic rings. The Balaban J connectivity index is 1.37. The van der Waals surface area contributed by atoms with Crippen LogP contribution in [0.1, 0.15) is 23.4 Å². The summed E-state index contributed by atoms with van der Waals surface area (Å²) in [4.78, 5) is 7.98. The van der Waals surface area contributed by atoms with E-state index in [1.807, 2.05) is 36.4 Å². The minimum Gasteiger partial charge on any atom is -0.493 e. The van der Waals surface area contributed by atoms with Gasteiger partial charge in [0.25, 0.3) is 0 Å². The van der Waals surface area contributed by atoms with Gasteiger partial charge >= 0.3 is 0 Å². The Kier molecular flexibility index (Phi) is 7.39. The first-order chi connectivity index (χ1) is 15.7. The highest BCUT2D eigenvalue weighted by molar-refractivity contribution is 9.10. The molecule has 1 heterocycles. The lowest BCUT2D eigenvalue weighted by Crippen LogP contribution is -2.17. The summed E-state index contributed by atoms with van der Waals surface area (Å²) >= 11 is 3.61. The number of fused-ring (bicyclic) bond motifs is 1. The van der Waals surface area contributed by atoms with E-state index in [1.54, 1.807) is 25.3 Å². The van der Waals surface area contributed by atoms with E-state index in [0.29, 0.717) is 23.6 Å². The Morgan fingerprint density at radius 2 is 1.88 bits per heavy atom. The highest BCUT2D eigenvalue weighted by Crippen LogP contribution is 2.37. The predicted octanol–water partition coefficient (Wildman–Crippen LogP) is 5.77. The number of aryl methyl sites for hydroxylation is 1. The lowest BCUT2D eigenvalue weighted by molar-refractivity contribution is 0.275. The van der Waals surface area contributed by atoms with Crippen LogP contribution in [0.5, 0.6) is 11.5 Å². The van der Waals surface area contributed by atoms with E-state index >= 15 is 0 Å². The zero-order chi connectivity index (χ0) is 22.3. The molecule has 7 heteroatoms. The Hall–Kier alpha value is -2.90. The third-order valence-corrected chi connectivity index (χ3v) is 5.97. The molecule has 4 rings (SSSR count). The van der Waals surface area contributed by atoms with Gasteiger partial charge in [0.1, 0.15) is 18.2 Å². The summed E-state index contributed by atoms with van der Waals surface area (Å²) in [5.41, 5.74) is 3.49. The number of halogens is 2. The van der Waals surface area contributed by atoms with Crippen molar-refractivity contribution >= 4 is 27.0 Å². The molecule has 0 spiro atoms. The third-order valence-electron chi connectivity index (χ3n) is 5.22. The molecule has 0 aliphatic rings. The van der Waals surface area contributed by atoms with E-state index in [2.05, 4.69) is 31.2 Å². The average Bonchev–Trinajstić information content (AvgIpc) is 3.22. The second-order valence-corrected chi connectivity index (χ2v) is 8.27. The first-order valence-corrected chi connectivity index (χ1v) is 11.3. The molecule has 0 radical (unpaired) electrons. The molecule has 5 nitrogen and oxygen atoms in total. The number of hydrogen-bond donors (Lipinski definition) is 2. The number of ether oxygens (including phenoxy) is 2. The van der Waals surface area contributed by atoms with Crippen molar-refractivity contribution < 1.29 is 13.9 Å². The number of hydrogen-bond acceptors (Lipinski definition) is 4. The van der Waals surface area contributed by atoms with Gasteiger partial charge in [0.2, 0.25) is 0 Å². The molecule has 1 aromatic heterocycles. The number of methoxy groups -OCH3 is 1. The third kappa shape index (κ3) is 5.29. The Labute approximate surface area is 195 Å². The SMILES string of the molecule is COc1ccc(Br)c(CNCCCc2nc3ccccc3[nH]2)c1OCc1ccccc1F. The molecule has 0 amide bonds. The quantitative estimate of drug-likeness (QED) is 0.273. The molecular formula is C25H25BrFN3O2. The summed E-state index contributed by atoms with van der Waals surface area (Å²) in [5, 5.41) is 3.47. The van der Waals surface area contributed by atoms with Crippen LogP contribution in [-0.4, -0.2) is 23.6 Å². The molecule has 2 N–H and O–H groups in total. The van der Waals surface area contributed by atoms with Gasteiger partial charge in [-0.1, -0.05) is 46.3 Å². The van der Waals surface area contributed by atoms with Crippen molar-refractivity contribution in [3.05, 3.63) is 87.9 Å². The van der Waals surface area contributed by atoms with E-state index in [1.165, 1.54) is 6.07 Å². The highest BCUT2D eigenvalue weighted by Gasteiger charge is 2.15. The molecule has 0 aliphatic heterocycles. The van der Waals surface area contributed by atoms with Gasteiger partial charge in [0.05, 0.1) is 18.1 Å². The van der Waals surface area contributed by atoms with Crippen LogP contribution in [0.3, 0.4) is 0 Å². The summed E-state index contributed by atoms with van der Waals surface area (Å²) in [6.07, 6.45) is 1.80. The number of aromatic amines is 1. The Bertz CT molecular complexity index is 1160. The van der Waals surface area contributed by atoms with E-state index < -0.39 is 0 Å². The second-order valence-electron chi connectivity index (χ2n) is 7.42. The summed E-state index contributed by atoms with van der Waals surface area (Å²) in [6.45, 7) is 1.52. The Morgan fingerprint density at radius 3 is 2.69 bits per heavy atom. The summed E-state index contributed by atoms with van der Waals surface area (Å²) in [5.74, 6) is 1.93. The number of imidazole rings is 1. The number of aromatic nitrogens is 2. The van der Waals surface area contributed by atoms with Gasteiger partial charge < -0.3 is 19.8 Å². The van der Waals surface area contributed by atoms with E-state index in [-0.39, 0.29) is 12.4 Å². The van der Waals surface area contributed by atoms with Gasteiger partial charge in [0, 0.05) is 28.6 Å². The second kappa shape index (κ2) is 10.6. The molecule has 0 atom stereocenters. The first-order valence-electron chi connectivity index (χ1n) is 10.5. The fourth-order valence-electron chi connectivity index (χ4n) is 3.55. The van der Waals surface area contributed by atoms with Crippen LogP contribution in [0.15, 0.2) is 65.1 Å². The largest absolute Gasteiger partial charge is 0.493 e. The number of benzene rings is 3. The molecular weight excluding hydrogens is 473 g/mol. The smallest absolute Gasteiger partial charge is 0.167 e. The van der Waals surface area contributed by atoms with E-state index in [4.69, 9.17) is 9.47 Å². The van der Waals surface area contributed by atoms with Gasteiger partial charge in [-0.3, -0.25) is 0 Å². The van der Waals surface area contributed by atoms with Crippen LogP contribution in [0.25, 0.3) is 11.0 Å². The average molecular weight is 498 g/mol. The molecule has 3 aromatic carbocycles. The number of rotatable bonds is 10. The number of para-hydroxylation sites is 2. The van der Waals surface area contributed by atoms with Crippen molar-refractivity contribution in [2.45, 2.75) is 26.0 Å². The normalized spacial score (nSPS) is 11.1. The lowest BCUT2D eigenvalue weighted by Gasteiger charge is -2.17. The minimum atomic E-state index is -0.285. The van der Waals surface area contributed by atoms with Gasteiger partial charge in [0.15, 0.2) is 11.5 Å². The minimum absolute atomic E-state index is 0.124. The van der Waals surface area contributed by atoms with Gasteiger partial charge in [-0.2, -0.15) is 0 Å². The molecule has 166 valence electrons. The predicted molar refractivity (Wildman–Crippen MR) is 128 cm³/mol. The fraction of sp³-hybridized carbons (Fsp3) is 0.240. The van der Waals surface area contributed by atoms with Crippen molar-refractivity contribution in [1.82, 2.24) is 15.3 Å². The van der Waals surface area contributed by atoms with Crippen LogP contribution in [-0.2, 0) is 19.6 Å². The fourth-order valence-corrected chi connectivity index (χ4v) is 4.00. The monoisotopic (exact) mass is 497 g/mol. The summed E-state index contributed by atoms with van der Waals surface area (Å²) in [6, 6.07) is 18.4. The Morgan fingerprint density at radius 1 is 1.06 bits per heavy atom.